The molecule has 1 aromatic rings. The van der Waals surface area contributed by atoms with Gasteiger partial charge in [-0.05, 0) is 31.4 Å². The van der Waals surface area contributed by atoms with Crippen LogP contribution in [0.15, 0.2) is 12.1 Å². The fourth-order valence-corrected chi connectivity index (χ4v) is 2.39. The molecule has 0 aliphatic heterocycles. The molecule has 0 saturated heterocycles. The topological polar surface area (TPSA) is 64.3 Å². The zero-order chi connectivity index (χ0) is 14.0. The largest absolute Gasteiger partial charge is 0.396 e. The van der Waals surface area contributed by atoms with Crippen molar-refractivity contribution in [3.63, 3.8) is 0 Å². The lowest BCUT2D eigenvalue weighted by atomic mass is 10.1. The lowest BCUT2D eigenvalue weighted by molar-refractivity contribution is 0.0717. The van der Waals surface area contributed by atoms with E-state index < -0.39 is 23.1 Å². The van der Waals surface area contributed by atoms with Crippen LogP contribution in [-0.4, -0.2) is 25.2 Å². The molecule has 6 heteroatoms. The fourth-order valence-electron chi connectivity index (χ4n) is 2.39. The van der Waals surface area contributed by atoms with Gasteiger partial charge in [0.2, 0.25) is 0 Å². The van der Waals surface area contributed by atoms with E-state index in [0.717, 1.165) is 31.4 Å². The molecule has 0 aromatic heterocycles. The van der Waals surface area contributed by atoms with Gasteiger partial charge in [0, 0.05) is 7.11 Å². The number of methoxy groups -OCH3 is 1. The number of rotatable bonds is 3. The number of nitrogens with two attached hydrogens (primary N) is 1. The van der Waals surface area contributed by atoms with Gasteiger partial charge in [-0.3, -0.25) is 4.79 Å². The van der Waals surface area contributed by atoms with Crippen LogP contribution in [0.3, 0.4) is 0 Å². The van der Waals surface area contributed by atoms with Crippen molar-refractivity contribution in [1.82, 2.24) is 5.32 Å². The molecule has 1 amide bonds. The Labute approximate surface area is 109 Å². The highest BCUT2D eigenvalue weighted by atomic mass is 19.1. The molecule has 1 aliphatic rings. The second kappa shape index (κ2) is 5.52. The van der Waals surface area contributed by atoms with E-state index in [1.807, 2.05) is 0 Å². The van der Waals surface area contributed by atoms with E-state index in [2.05, 4.69) is 5.32 Å². The minimum absolute atomic E-state index is 0.115. The molecule has 19 heavy (non-hydrogen) atoms. The van der Waals surface area contributed by atoms with Crippen molar-refractivity contribution in [1.29, 1.82) is 0 Å². The van der Waals surface area contributed by atoms with Crippen LogP contribution in [-0.2, 0) is 4.74 Å². The van der Waals surface area contributed by atoms with E-state index in [-0.39, 0.29) is 17.8 Å². The third-order valence-corrected chi connectivity index (χ3v) is 3.42. The summed E-state index contributed by atoms with van der Waals surface area (Å²) in [5.74, 6) is -2.74. The minimum Gasteiger partial charge on any atom is -0.396 e. The zero-order valence-corrected chi connectivity index (χ0v) is 10.6. The summed E-state index contributed by atoms with van der Waals surface area (Å²) in [4.78, 5) is 12.0. The van der Waals surface area contributed by atoms with Gasteiger partial charge in [-0.15, -0.1) is 0 Å². The first-order chi connectivity index (χ1) is 9.04. The monoisotopic (exact) mass is 270 g/mol. The van der Waals surface area contributed by atoms with Crippen LogP contribution >= 0.6 is 0 Å². The Morgan fingerprint density at radius 3 is 2.84 bits per heavy atom. The average molecular weight is 270 g/mol. The lowest BCUT2D eigenvalue weighted by Crippen LogP contribution is -2.41. The van der Waals surface area contributed by atoms with Gasteiger partial charge in [-0.2, -0.15) is 0 Å². The Hall–Kier alpha value is -1.69. The molecule has 1 aliphatic carbocycles. The van der Waals surface area contributed by atoms with Crippen molar-refractivity contribution in [2.45, 2.75) is 31.4 Å². The number of amides is 1. The third-order valence-electron chi connectivity index (χ3n) is 3.42. The quantitative estimate of drug-likeness (QED) is 0.824. The van der Waals surface area contributed by atoms with Gasteiger partial charge in [0.25, 0.3) is 5.91 Å². The molecule has 0 spiro atoms. The Balaban J connectivity index is 2.19. The molecule has 104 valence electrons. The van der Waals surface area contributed by atoms with Gasteiger partial charge < -0.3 is 15.8 Å². The summed E-state index contributed by atoms with van der Waals surface area (Å²) in [5.41, 5.74) is 4.46. The molecule has 0 radical (unpaired) electrons. The predicted octanol–water partition coefficient (Wildman–Crippen LogP) is 1.84. The summed E-state index contributed by atoms with van der Waals surface area (Å²) in [7, 11) is 1.55. The molecule has 1 saturated carbocycles. The van der Waals surface area contributed by atoms with Crippen LogP contribution < -0.4 is 11.1 Å². The number of nitrogens with one attached hydrogen (secondary N) is 1. The van der Waals surface area contributed by atoms with Crippen molar-refractivity contribution in [3.05, 3.63) is 29.3 Å². The molecular formula is C13H16F2N2O2. The Morgan fingerprint density at radius 1 is 1.42 bits per heavy atom. The summed E-state index contributed by atoms with van der Waals surface area (Å²) in [6.07, 6.45) is 2.35. The van der Waals surface area contributed by atoms with Crippen molar-refractivity contribution in [3.8, 4) is 0 Å². The number of halogens is 2. The summed E-state index contributed by atoms with van der Waals surface area (Å²) < 4.78 is 32.5. The molecule has 4 nitrogen and oxygen atoms in total. The van der Waals surface area contributed by atoms with Crippen molar-refractivity contribution >= 4 is 11.6 Å². The highest BCUT2D eigenvalue weighted by Gasteiger charge is 2.30. The van der Waals surface area contributed by atoms with Crippen LogP contribution in [0.4, 0.5) is 14.5 Å². The molecule has 2 unspecified atom stereocenters. The standard InChI is InChI=1S/C13H16F2N2O2/c1-19-10-4-2-3-9(10)17-13(18)11-7(14)5-6-8(16)12(11)15/h5-6,9-10H,2-4,16H2,1H3,(H,17,18). The van der Waals surface area contributed by atoms with E-state index in [1.165, 1.54) is 0 Å². The van der Waals surface area contributed by atoms with Gasteiger partial charge in [-0.1, -0.05) is 0 Å². The maximum Gasteiger partial charge on any atom is 0.257 e. The smallest absolute Gasteiger partial charge is 0.257 e. The van der Waals surface area contributed by atoms with Crippen LogP contribution in [0.25, 0.3) is 0 Å². The Bertz CT molecular complexity index is 494. The molecule has 3 N–H and O–H groups in total. The number of benzene rings is 1. The molecule has 2 rings (SSSR count). The number of ether oxygens (including phenoxy) is 1. The Morgan fingerprint density at radius 2 is 2.16 bits per heavy atom. The number of anilines is 1. The van der Waals surface area contributed by atoms with E-state index in [9.17, 15) is 13.6 Å². The van der Waals surface area contributed by atoms with Crippen LogP contribution in [0.1, 0.15) is 29.6 Å². The maximum absolute atomic E-state index is 13.7. The number of hydrogen-bond acceptors (Lipinski definition) is 3. The van der Waals surface area contributed by atoms with E-state index in [1.54, 1.807) is 7.11 Å². The number of carbonyl (C=O) groups excluding carboxylic acids is 1. The van der Waals surface area contributed by atoms with Crippen LogP contribution in [0, 0.1) is 11.6 Å². The SMILES string of the molecule is COC1CCCC1NC(=O)c1c(F)ccc(N)c1F. The second-order valence-corrected chi connectivity index (χ2v) is 4.61. The van der Waals surface area contributed by atoms with Crippen LogP contribution in [0.5, 0.6) is 0 Å². The highest BCUT2D eigenvalue weighted by Crippen LogP contribution is 2.23. The summed E-state index contributed by atoms with van der Waals surface area (Å²) in [6.45, 7) is 0. The van der Waals surface area contributed by atoms with Gasteiger partial charge in [0.15, 0.2) is 5.82 Å². The molecular weight excluding hydrogens is 254 g/mol. The van der Waals surface area contributed by atoms with Crippen molar-refractivity contribution in [2.24, 2.45) is 0 Å². The van der Waals surface area contributed by atoms with Gasteiger partial charge in [-0.25, -0.2) is 8.78 Å². The number of nitrogen functional groups attached to an aromatic ring is 1. The van der Waals surface area contributed by atoms with E-state index in [4.69, 9.17) is 10.5 Å². The Kier molecular flexibility index (Phi) is 3.99. The third kappa shape index (κ3) is 2.68. The lowest BCUT2D eigenvalue weighted by Gasteiger charge is -2.20. The zero-order valence-electron chi connectivity index (χ0n) is 10.6. The fraction of sp³-hybridized carbons (Fsp3) is 0.462. The molecule has 2 atom stereocenters. The molecule has 1 aromatic carbocycles. The summed E-state index contributed by atoms with van der Waals surface area (Å²) in [5, 5.41) is 2.61. The van der Waals surface area contributed by atoms with Crippen molar-refractivity contribution < 1.29 is 18.3 Å². The predicted molar refractivity (Wildman–Crippen MR) is 66.7 cm³/mol. The second-order valence-electron chi connectivity index (χ2n) is 4.61. The maximum atomic E-state index is 13.7. The first-order valence-electron chi connectivity index (χ1n) is 6.11. The van der Waals surface area contributed by atoms with E-state index in [0.29, 0.717) is 0 Å². The number of hydrogen-bond donors (Lipinski definition) is 2. The highest BCUT2D eigenvalue weighted by molar-refractivity contribution is 5.95. The average Bonchev–Trinajstić information content (AvgIpc) is 2.81. The molecule has 1 fully saturated rings. The summed E-state index contributed by atoms with van der Waals surface area (Å²) in [6, 6.07) is 1.85. The van der Waals surface area contributed by atoms with Gasteiger partial charge in [0.05, 0.1) is 17.8 Å². The summed E-state index contributed by atoms with van der Waals surface area (Å²) >= 11 is 0. The van der Waals surface area contributed by atoms with Gasteiger partial charge in [0.1, 0.15) is 11.4 Å². The molecule has 0 bridgehead atoms. The number of carbonyl (C=O) groups is 1. The first-order valence-corrected chi connectivity index (χ1v) is 6.11. The van der Waals surface area contributed by atoms with E-state index >= 15 is 0 Å². The molecule has 0 heterocycles. The van der Waals surface area contributed by atoms with Crippen molar-refractivity contribution in [2.75, 3.05) is 12.8 Å². The first kappa shape index (κ1) is 13.7. The normalized spacial score (nSPS) is 22.5. The van der Waals surface area contributed by atoms with Crippen LogP contribution in [0.2, 0.25) is 0 Å². The van der Waals surface area contributed by atoms with Gasteiger partial charge >= 0.3 is 0 Å². The minimum atomic E-state index is -1.02.